The van der Waals surface area contributed by atoms with Gasteiger partial charge in [-0.2, -0.15) is 0 Å². The number of aromatic nitrogens is 2. The van der Waals surface area contributed by atoms with Crippen LogP contribution in [0, 0.1) is 5.82 Å². The molecule has 4 rings (SSSR count). The lowest BCUT2D eigenvalue weighted by Gasteiger charge is -2.11. The number of rotatable bonds is 3. The largest absolute Gasteiger partial charge is 0.489 e. The van der Waals surface area contributed by atoms with Gasteiger partial charge in [0.25, 0.3) is 5.56 Å². The van der Waals surface area contributed by atoms with Gasteiger partial charge in [-0.1, -0.05) is 18.6 Å². The molecule has 3 aromatic rings. The minimum absolute atomic E-state index is 0.00175. The topological polar surface area (TPSA) is 44.1 Å². The van der Waals surface area contributed by atoms with Crippen molar-refractivity contribution in [1.29, 1.82) is 0 Å². The third-order valence-corrected chi connectivity index (χ3v) is 4.58. The maximum Gasteiger partial charge on any atom is 0.261 e. The lowest BCUT2D eigenvalue weighted by Crippen LogP contribution is -2.24. The van der Waals surface area contributed by atoms with E-state index in [4.69, 9.17) is 4.74 Å². The van der Waals surface area contributed by atoms with Crippen molar-refractivity contribution < 1.29 is 9.13 Å². The average molecular weight is 338 g/mol. The van der Waals surface area contributed by atoms with Gasteiger partial charge in [0.05, 0.1) is 10.9 Å². The lowest BCUT2D eigenvalue weighted by molar-refractivity contribution is 0.306. The van der Waals surface area contributed by atoms with E-state index in [1.54, 1.807) is 22.8 Å². The fraction of sp³-hybridized carbons (Fsp3) is 0.300. The summed E-state index contributed by atoms with van der Waals surface area (Å²) in [4.78, 5) is 17.5. The van der Waals surface area contributed by atoms with Crippen molar-refractivity contribution in [2.75, 3.05) is 0 Å². The molecule has 0 fully saturated rings. The molecule has 0 N–H and O–H groups in total. The molecule has 0 unspecified atom stereocenters. The zero-order valence-electron chi connectivity index (χ0n) is 13.9. The minimum atomic E-state index is -0.287. The van der Waals surface area contributed by atoms with Gasteiger partial charge in [0.15, 0.2) is 0 Å². The van der Waals surface area contributed by atoms with E-state index in [1.807, 2.05) is 12.1 Å². The van der Waals surface area contributed by atoms with Crippen LogP contribution in [0.1, 0.15) is 30.7 Å². The summed E-state index contributed by atoms with van der Waals surface area (Å²) in [6.45, 7) is 0.981. The summed E-state index contributed by atoms with van der Waals surface area (Å²) in [7, 11) is 0. The van der Waals surface area contributed by atoms with E-state index >= 15 is 0 Å². The standard InChI is InChI=1S/C20H19FN2O2/c21-15-6-4-5-14(11-15)13-25-16-8-9-18-17(12-16)20(24)23-10-3-1-2-7-19(23)22-18/h4-6,8-9,11-12H,1-3,7,10,13H2. The van der Waals surface area contributed by atoms with Crippen LogP contribution in [0.5, 0.6) is 5.75 Å². The van der Waals surface area contributed by atoms with Gasteiger partial charge in [-0.3, -0.25) is 9.36 Å². The fourth-order valence-corrected chi connectivity index (χ4v) is 3.28. The first-order valence-electron chi connectivity index (χ1n) is 8.61. The van der Waals surface area contributed by atoms with Crippen LogP contribution < -0.4 is 10.3 Å². The van der Waals surface area contributed by atoms with E-state index in [-0.39, 0.29) is 18.0 Å². The Balaban J connectivity index is 1.65. The Morgan fingerprint density at radius 1 is 1.12 bits per heavy atom. The summed E-state index contributed by atoms with van der Waals surface area (Å²) in [6, 6.07) is 11.7. The molecule has 1 aromatic heterocycles. The molecular formula is C20H19FN2O2. The van der Waals surface area contributed by atoms with E-state index < -0.39 is 0 Å². The third-order valence-electron chi connectivity index (χ3n) is 4.58. The van der Waals surface area contributed by atoms with Gasteiger partial charge in [-0.25, -0.2) is 9.37 Å². The Morgan fingerprint density at radius 3 is 2.92 bits per heavy atom. The molecule has 0 saturated heterocycles. The van der Waals surface area contributed by atoms with Crippen molar-refractivity contribution in [1.82, 2.24) is 9.55 Å². The third kappa shape index (κ3) is 3.27. The zero-order chi connectivity index (χ0) is 17.2. The van der Waals surface area contributed by atoms with Crippen LogP contribution in [0.25, 0.3) is 10.9 Å². The minimum Gasteiger partial charge on any atom is -0.489 e. The predicted octanol–water partition coefficient (Wildman–Crippen LogP) is 3.84. The van der Waals surface area contributed by atoms with Crippen molar-refractivity contribution >= 4 is 10.9 Å². The fourth-order valence-electron chi connectivity index (χ4n) is 3.28. The quantitative estimate of drug-likeness (QED) is 0.729. The highest BCUT2D eigenvalue weighted by Gasteiger charge is 2.14. The maximum atomic E-state index is 13.2. The average Bonchev–Trinajstić information content (AvgIpc) is 2.86. The van der Waals surface area contributed by atoms with Gasteiger partial charge in [0.2, 0.25) is 0 Å². The molecule has 0 amide bonds. The van der Waals surface area contributed by atoms with Crippen LogP contribution in [0.15, 0.2) is 47.3 Å². The SMILES string of the molecule is O=c1c2cc(OCc3cccc(F)c3)ccc2nc2n1CCCCC2. The van der Waals surface area contributed by atoms with Crippen LogP contribution in [0.3, 0.4) is 0 Å². The van der Waals surface area contributed by atoms with E-state index in [0.717, 1.165) is 43.6 Å². The number of benzene rings is 2. The molecule has 0 saturated carbocycles. The zero-order valence-corrected chi connectivity index (χ0v) is 13.9. The summed E-state index contributed by atoms with van der Waals surface area (Å²) in [5, 5.41) is 0.572. The van der Waals surface area contributed by atoms with Crippen LogP contribution in [-0.2, 0) is 19.6 Å². The molecule has 0 atom stereocenters. The molecule has 0 bridgehead atoms. The number of ether oxygens (including phenoxy) is 1. The highest BCUT2D eigenvalue weighted by atomic mass is 19.1. The Morgan fingerprint density at radius 2 is 2.04 bits per heavy atom. The predicted molar refractivity (Wildman–Crippen MR) is 94.3 cm³/mol. The van der Waals surface area contributed by atoms with Gasteiger partial charge >= 0.3 is 0 Å². The van der Waals surface area contributed by atoms with Gasteiger partial charge in [-0.15, -0.1) is 0 Å². The molecule has 0 spiro atoms. The van der Waals surface area contributed by atoms with Gasteiger partial charge in [0, 0.05) is 13.0 Å². The van der Waals surface area contributed by atoms with Gasteiger partial charge in [0.1, 0.15) is 24.0 Å². The van der Waals surface area contributed by atoms with Crippen molar-refractivity contribution in [3.8, 4) is 5.75 Å². The normalized spacial score (nSPS) is 14.1. The Kier molecular flexibility index (Phi) is 4.22. The first kappa shape index (κ1) is 15.8. The molecule has 4 nitrogen and oxygen atoms in total. The summed E-state index contributed by atoms with van der Waals surface area (Å²) in [5.41, 5.74) is 1.45. The second-order valence-corrected chi connectivity index (χ2v) is 6.39. The Bertz CT molecular complexity index is 981. The van der Waals surface area contributed by atoms with Crippen LogP contribution in [-0.4, -0.2) is 9.55 Å². The van der Waals surface area contributed by atoms with Crippen molar-refractivity contribution in [3.63, 3.8) is 0 Å². The number of halogens is 1. The molecule has 1 aliphatic rings. The molecule has 0 radical (unpaired) electrons. The molecule has 128 valence electrons. The Labute approximate surface area is 144 Å². The summed E-state index contributed by atoms with van der Waals surface area (Å²) >= 11 is 0. The monoisotopic (exact) mass is 338 g/mol. The second kappa shape index (κ2) is 6.67. The molecule has 5 heteroatoms. The summed E-state index contributed by atoms with van der Waals surface area (Å²) < 4.78 is 20.8. The Hall–Kier alpha value is -2.69. The van der Waals surface area contributed by atoms with E-state index in [1.165, 1.54) is 12.1 Å². The van der Waals surface area contributed by atoms with Crippen LogP contribution in [0.2, 0.25) is 0 Å². The van der Waals surface area contributed by atoms with Crippen molar-refractivity contribution in [2.45, 2.75) is 38.8 Å². The summed E-state index contributed by atoms with van der Waals surface area (Å²) in [6.07, 6.45) is 4.06. The second-order valence-electron chi connectivity index (χ2n) is 6.39. The van der Waals surface area contributed by atoms with Gasteiger partial charge in [-0.05, 0) is 48.7 Å². The molecule has 0 aliphatic carbocycles. The smallest absolute Gasteiger partial charge is 0.261 e. The number of aryl methyl sites for hydroxylation is 1. The van der Waals surface area contributed by atoms with Crippen LogP contribution >= 0.6 is 0 Å². The highest BCUT2D eigenvalue weighted by molar-refractivity contribution is 5.79. The first-order valence-corrected chi connectivity index (χ1v) is 8.61. The van der Waals surface area contributed by atoms with Gasteiger partial charge < -0.3 is 4.74 Å². The van der Waals surface area contributed by atoms with Crippen molar-refractivity contribution in [3.05, 3.63) is 70.0 Å². The molecular weight excluding hydrogens is 319 g/mol. The van der Waals surface area contributed by atoms with Crippen molar-refractivity contribution in [2.24, 2.45) is 0 Å². The molecule has 2 aromatic carbocycles. The maximum absolute atomic E-state index is 13.2. The number of fused-ring (bicyclic) bond motifs is 2. The molecule has 25 heavy (non-hydrogen) atoms. The first-order chi connectivity index (χ1) is 12.2. The number of hydrogen-bond acceptors (Lipinski definition) is 3. The highest BCUT2D eigenvalue weighted by Crippen LogP contribution is 2.20. The molecule has 2 heterocycles. The van der Waals surface area contributed by atoms with E-state index in [2.05, 4.69) is 4.98 Å². The lowest BCUT2D eigenvalue weighted by atomic mass is 10.2. The summed E-state index contributed by atoms with van der Waals surface area (Å²) in [5.74, 6) is 1.18. The van der Waals surface area contributed by atoms with E-state index in [0.29, 0.717) is 16.7 Å². The van der Waals surface area contributed by atoms with E-state index in [9.17, 15) is 9.18 Å². The number of nitrogens with zero attached hydrogens (tertiary/aromatic N) is 2. The molecule has 1 aliphatic heterocycles. The van der Waals surface area contributed by atoms with Crippen LogP contribution in [0.4, 0.5) is 4.39 Å². The number of hydrogen-bond donors (Lipinski definition) is 0.